The minimum absolute atomic E-state index is 0.115. The zero-order valence-corrected chi connectivity index (χ0v) is 14.1. The molecular weight excluding hydrogens is 338 g/mol. The summed E-state index contributed by atoms with van der Waals surface area (Å²) < 4.78 is 3.04. The topological polar surface area (TPSA) is 29.9 Å². The molecule has 108 valence electrons. The second-order valence-corrected chi connectivity index (χ2v) is 5.92. The van der Waals surface area contributed by atoms with Crippen LogP contribution in [0.5, 0.6) is 0 Å². The van der Waals surface area contributed by atoms with E-state index in [0.717, 1.165) is 29.0 Å². The number of aromatic nitrogens is 2. The minimum Gasteiger partial charge on any atom is -0.305 e. The van der Waals surface area contributed by atoms with Crippen LogP contribution in [0.3, 0.4) is 0 Å². The molecule has 1 N–H and O–H groups in total. The Bertz CT molecular complexity index is 568. The number of hydrogen-bond donors (Lipinski definition) is 1. The first-order valence-electron chi connectivity index (χ1n) is 6.87. The van der Waals surface area contributed by atoms with Crippen LogP contribution in [-0.4, -0.2) is 16.3 Å². The van der Waals surface area contributed by atoms with Gasteiger partial charge in [-0.15, -0.1) is 0 Å². The van der Waals surface area contributed by atoms with Crippen molar-refractivity contribution in [3.63, 3.8) is 0 Å². The average molecular weight is 357 g/mol. The van der Waals surface area contributed by atoms with Crippen molar-refractivity contribution in [3.8, 4) is 0 Å². The van der Waals surface area contributed by atoms with E-state index in [1.807, 2.05) is 23.0 Å². The van der Waals surface area contributed by atoms with Crippen LogP contribution in [0.2, 0.25) is 5.02 Å². The number of benzene rings is 1. The molecule has 1 aromatic carbocycles. The van der Waals surface area contributed by atoms with Gasteiger partial charge in [-0.2, -0.15) is 5.10 Å². The first-order valence-corrected chi connectivity index (χ1v) is 8.04. The lowest BCUT2D eigenvalue weighted by Gasteiger charge is -2.21. The number of rotatable bonds is 6. The monoisotopic (exact) mass is 355 g/mol. The zero-order chi connectivity index (χ0) is 14.5. The number of halogens is 2. The highest BCUT2D eigenvalue weighted by Crippen LogP contribution is 2.30. The van der Waals surface area contributed by atoms with Crippen molar-refractivity contribution in [2.45, 2.75) is 32.9 Å². The summed E-state index contributed by atoms with van der Waals surface area (Å²) in [7, 11) is 0. The zero-order valence-electron chi connectivity index (χ0n) is 11.7. The van der Waals surface area contributed by atoms with Crippen molar-refractivity contribution in [1.29, 1.82) is 0 Å². The Morgan fingerprint density at radius 1 is 1.35 bits per heavy atom. The molecule has 0 spiro atoms. The molecule has 0 amide bonds. The highest BCUT2D eigenvalue weighted by Gasteiger charge is 2.19. The molecule has 0 saturated heterocycles. The van der Waals surface area contributed by atoms with Gasteiger partial charge in [0.15, 0.2) is 0 Å². The van der Waals surface area contributed by atoms with Crippen molar-refractivity contribution < 1.29 is 0 Å². The van der Waals surface area contributed by atoms with E-state index in [0.29, 0.717) is 0 Å². The third-order valence-corrected chi connectivity index (χ3v) is 4.14. The van der Waals surface area contributed by atoms with Gasteiger partial charge in [0.05, 0.1) is 11.7 Å². The molecule has 2 rings (SSSR count). The maximum absolute atomic E-state index is 6.04. The standard InChI is InChI=1S/C15H19BrClN3/c1-3-8-18-15(14-7-9-19-20(14)4-2)12-6-5-11(17)10-13(12)16/h5-7,9-10,15,18H,3-4,8H2,1-2H3. The Morgan fingerprint density at radius 2 is 2.15 bits per heavy atom. The van der Waals surface area contributed by atoms with Crippen LogP contribution >= 0.6 is 27.5 Å². The summed E-state index contributed by atoms with van der Waals surface area (Å²) >= 11 is 9.66. The Hall–Kier alpha value is -0.840. The van der Waals surface area contributed by atoms with E-state index in [-0.39, 0.29) is 6.04 Å². The normalized spacial score (nSPS) is 12.6. The molecule has 0 saturated carbocycles. The van der Waals surface area contributed by atoms with Gasteiger partial charge in [0, 0.05) is 22.2 Å². The molecule has 1 aromatic heterocycles. The molecule has 1 atom stereocenters. The van der Waals surface area contributed by atoms with Gasteiger partial charge in [-0.05, 0) is 43.7 Å². The van der Waals surface area contributed by atoms with Crippen LogP contribution in [0.4, 0.5) is 0 Å². The van der Waals surface area contributed by atoms with Crippen LogP contribution in [0, 0.1) is 0 Å². The van der Waals surface area contributed by atoms with Gasteiger partial charge in [0.2, 0.25) is 0 Å². The first-order chi connectivity index (χ1) is 9.67. The van der Waals surface area contributed by atoms with Gasteiger partial charge in [0.1, 0.15) is 0 Å². The Morgan fingerprint density at radius 3 is 2.80 bits per heavy atom. The summed E-state index contributed by atoms with van der Waals surface area (Å²) in [6.45, 7) is 6.08. The van der Waals surface area contributed by atoms with Crippen molar-refractivity contribution in [2.75, 3.05) is 6.54 Å². The van der Waals surface area contributed by atoms with E-state index in [1.165, 1.54) is 11.3 Å². The van der Waals surface area contributed by atoms with E-state index in [4.69, 9.17) is 11.6 Å². The van der Waals surface area contributed by atoms with Crippen molar-refractivity contribution in [2.24, 2.45) is 0 Å². The van der Waals surface area contributed by atoms with E-state index in [1.54, 1.807) is 0 Å². The summed E-state index contributed by atoms with van der Waals surface area (Å²) in [5.41, 5.74) is 2.35. The lowest BCUT2D eigenvalue weighted by atomic mass is 10.0. The fourth-order valence-corrected chi connectivity index (χ4v) is 3.16. The predicted octanol–water partition coefficient (Wildman–Crippen LogP) is 4.41. The molecule has 0 radical (unpaired) electrons. The SMILES string of the molecule is CCCNC(c1ccc(Cl)cc1Br)c1ccnn1CC. The second kappa shape index (κ2) is 7.25. The molecule has 1 heterocycles. The number of hydrogen-bond acceptors (Lipinski definition) is 2. The first kappa shape index (κ1) is 15.5. The Kier molecular flexibility index (Phi) is 5.64. The Labute approximate surface area is 133 Å². The van der Waals surface area contributed by atoms with E-state index < -0.39 is 0 Å². The van der Waals surface area contributed by atoms with Crippen LogP contribution < -0.4 is 5.32 Å². The van der Waals surface area contributed by atoms with E-state index >= 15 is 0 Å². The minimum atomic E-state index is 0.115. The van der Waals surface area contributed by atoms with E-state index in [9.17, 15) is 0 Å². The second-order valence-electron chi connectivity index (χ2n) is 4.62. The predicted molar refractivity (Wildman–Crippen MR) is 87.2 cm³/mol. The molecule has 3 nitrogen and oxygen atoms in total. The highest BCUT2D eigenvalue weighted by atomic mass is 79.9. The fraction of sp³-hybridized carbons (Fsp3) is 0.400. The maximum Gasteiger partial charge on any atom is 0.0759 e. The van der Waals surface area contributed by atoms with Crippen molar-refractivity contribution >= 4 is 27.5 Å². The number of aryl methyl sites for hydroxylation is 1. The van der Waals surface area contributed by atoms with Crippen molar-refractivity contribution in [3.05, 3.63) is 51.2 Å². The highest BCUT2D eigenvalue weighted by molar-refractivity contribution is 9.10. The van der Waals surface area contributed by atoms with Crippen LogP contribution in [0.25, 0.3) is 0 Å². The Balaban J connectivity index is 2.41. The van der Waals surface area contributed by atoms with E-state index in [2.05, 4.69) is 52.3 Å². The third kappa shape index (κ3) is 3.43. The smallest absolute Gasteiger partial charge is 0.0759 e. The maximum atomic E-state index is 6.04. The summed E-state index contributed by atoms with van der Waals surface area (Å²) in [5, 5.41) is 8.70. The molecule has 20 heavy (non-hydrogen) atoms. The summed E-state index contributed by atoms with van der Waals surface area (Å²) in [6.07, 6.45) is 2.94. The summed E-state index contributed by atoms with van der Waals surface area (Å²) in [6, 6.07) is 8.10. The molecule has 0 fully saturated rings. The van der Waals surface area contributed by atoms with Gasteiger partial charge in [-0.1, -0.05) is 40.5 Å². The number of nitrogens with one attached hydrogen (secondary N) is 1. The quantitative estimate of drug-likeness (QED) is 0.831. The molecule has 5 heteroatoms. The largest absolute Gasteiger partial charge is 0.305 e. The van der Waals surface area contributed by atoms with Gasteiger partial charge >= 0.3 is 0 Å². The van der Waals surface area contributed by atoms with Gasteiger partial charge in [-0.3, -0.25) is 4.68 Å². The van der Waals surface area contributed by atoms with Gasteiger partial charge < -0.3 is 5.32 Å². The lowest BCUT2D eigenvalue weighted by Crippen LogP contribution is -2.26. The van der Waals surface area contributed by atoms with Gasteiger partial charge in [-0.25, -0.2) is 0 Å². The van der Waals surface area contributed by atoms with Crippen LogP contribution in [0.1, 0.15) is 37.6 Å². The third-order valence-electron chi connectivity index (χ3n) is 3.22. The molecule has 0 aliphatic heterocycles. The van der Waals surface area contributed by atoms with Crippen molar-refractivity contribution in [1.82, 2.24) is 15.1 Å². The van der Waals surface area contributed by atoms with Crippen LogP contribution in [0.15, 0.2) is 34.9 Å². The molecule has 2 aromatic rings. The molecular formula is C15H19BrClN3. The average Bonchev–Trinajstić information content (AvgIpc) is 2.89. The summed E-state index contributed by atoms with van der Waals surface area (Å²) in [4.78, 5) is 0. The van der Waals surface area contributed by atoms with Crippen LogP contribution in [-0.2, 0) is 6.54 Å². The molecule has 0 aliphatic carbocycles. The van der Waals surface area contributed by atoms with Gasteiger partial charge in [0.25, 0.3) is 0 Å². The molecule has 1 unspecified atom stereocenters. The lowest BCUT2D eigenvalue weighted by molar-refractivity contribution is 0.528. The molecule has 0 bridgehead atoms. The molecule has 0 aliphatic rings. The number of nitrogens with zero attached hydrogens (tertiary/aromatic N) is 2. The summed E-state index contributed by atoms with van der Waals surface area (Å²) in [5.74, 6) is 0. The fourth-order valence-electron chi connectivity index (χ4n) is 2.25.